The molecule has 1 N–H and O–H groups in total. The first-order chi connectivity index (χ1) is 13.8. The van der Waals surface area contributed by atoms with Crippen LogP contribution in [0, 0.1) is 0 Å². The van der Waals surface area contributed by atoms with E-state index in [4.69, 9.17) is 4.74 Å². The number of ether oxygens (including phenoxy) is 1. The molecule has 11 heteroatoms. The monoisotopic (exact) mass is 412 g/mol. The molecule has 29 heavy (non-hydrogen) atoms. The molecule has 0 aliphatic rings. The number of rotatable bonds is 5. The van der Waals surface area contributed by atoms with Gasteiger partial charge in [0.1, 0.15) is 0 Å². The maximum atomic E-state index is 12.4. The van der Waals surface area contributed by atoms with E-state index >= 15 is 0 Å². The molecule has 1 aromatic carbocycles. The second kappa shape index (κ2) is 7.09. The highest BCUT2D eigenvalue weighted by Crippen LogP contribution is 2.18. The Morgan fingerprint density at radius 2 is 1.76 bits per heavy atom. The summed E-state index contributed by atoms with van der Waals surface area (Å²) in [5.74, 6) is 0. The summed E-state index contributed by atoms with van der Waals surface area (Å²) >= 11 is 0. The molecular weight excluding hydrogens is 396 g/mol. The summed E-state index contributed by atoms with van der Waals surface area (Å²) in [4.78, 5) is 32.2. The molecule has 4 rings (SSSR count). The van der Waals surface area contributed by atoms with Crippen molar-refractivity contribution in [1.29, 1.82) is 0 Å². The Hall–Kier alpha value is -3.60. The topological polar surface area (TPSA) is 133 Å². The van der Waals surface area contributed by atoms with E-state index in [-0.39, 0.29) is 23.1 Å². The first kappa shape index (κ1) is 18.7. The third kappa shape index (κ3) is 3.72. The van der Waals surface area contributed by atoms with Crippen LogP contribution in [-0.4, -0.2) is 51.3 Å². The number of imidazole rings is 1. The normalized spacial score (nSPS) is 11.7. The summed E-state index contributed by atoms with van der Waals surface area (Å²) in [6.07, 6.45) is 5.78. The minimum absolute atomic E-state index is 0.208. The molecule has 10 nitrogen and oxygen atoms in total. The molecule has 0 aliphatic heterocycles. The molecule has 0 unspecified atom stereocenters. The van der Waals surface area contributed by atoms with Crippen molar-refractivity contribution in [2.45, 2.75) is 11.4 Å². The maximum Gasteiger partial charge on any atom is 0.329 e. The lowest BCUT2D eigenvalue weighted by molar-refractivity contribution is 0.380. The molecule has 0 amide bonds. The average molecular weight is 412 g/mol. The van der Waals surface area contributed by atoms with Crippen molar-refractivity contribution in [2.75, 3.05) is 13.4 Å². The molecule has 0 radical (unpaired) electrons. The zero-order valence-corrected chi connectivity index (χ0v) is 16.3. The van der Waals surface area contributed by atoms with Crippen LogP contribution in [0.5, 0.6) is 6.01 Å². The Bertz CT molecular complexity index is 1340. The van der Waals surface area contributed by atoms with Crippen molar-refractivity contribution < 1.29 is 13.2 Å². The van der Waals surface area contributed by atoms with E-state index in [1.807, 2.05) is 0 Å². The highest BCUT2D eigenvalue weighted by Gasteiger charge is 2.13. The van der Waals surface area contributed by atoms with Crippen LogP contribution in [0.3, 0.4) is 0 Å². The second-order valence-corrected chi connectivity index (χ2v) is 8.33. The Morgan fingerprint density at radius 3 is 2.38 bits per heavy atom. The Balaban J connectivity index is 1.72. The average Bonchev–Trinajstić information content (AvgIpc) is 3.02. The predicted molar refractivity (Wildman–Crippen MR) is 104 cm³/mol. The molecule has 3 aromatic heterocycles. The van der Waals surface area contributed by atoms with Gasteiger partial charge in [-0.3, -0.25) is 9.55 Å². The van der Waals surface area contributed by atoms with E-state index in [2.05, 4.69) is 24.9 Å². The number of fused-ring (bicyclic) bond motifs is 1. The Labute approximate surface area is 165 Å². The summed E-state index contributed by atoms with van der Waals surface area (Å²) in [5, 5.41) is 0. The molecule has 3 heterocycles. The Morgan fingerprint density at radius 1 is 1.07 bits per heavy atom. The number of hydrogen-bond acceptors (Lipinski definition) is 8. The van der Waals surface area contributed by atoms with Crippen molar-refractivity contribution in [2.24, 2.45) is 0 Å². The summed E-state index contributed by atoms with van der Waals surface area (Å²) in [6, 6.07) is 6.58. The number of nitrogens with zero attached hydrogens (tertiary/aromatic N) is 5. The molecule has 0 saturated carbocycles. The number of sulfone groups is 1. The summed E-state index contributed by atoms with van der Waals surface area (Å²) < 4.78 is 29.6. The fourth-order valence-electron chi connectivity index (χ4n) is 2.78. The molecule has 0 spiro atoms. The van der Waals surface area contributed by atoms with Gasteiger partial charge in [-0.25, -0.2) is 33.1 Å². The van der Waals surface area contributed by atoms with Crippen LogP contribution in [-0.2, 0) is 16.4 Å². The molecular formula is C18H16N6O4S. The number of aromatic nitrogens is 6. The predicted octanol–water partition coefficient (Wildman–Crippen LogP) is 1.04. The van der Waals surface area contributed by atoms with Crippen LogP contribution in [0.1, 0.15) is 5.56 Å². The van der Waals surface area contributed by atoms with E-state index in [9.17, 15) is 13.2 Å². The van der Waals surface area contributed by atoms with Gasteiger partial charge >= 0.3 is 11.7 Å². The fourth-order valence-corrected chi connectivity index (χ4v) is 3.42. The number of H-pyrrole nitrogens is 1. The largest absolute Gasteiger partial charge is 0.467 e. The van der Waals surface area contributed by atoms with E-state index < -0.39 is 9.84 Å². The summed E-state index contributed by atoms with van der Waals surface area (Å²) in [6.45, 7) is 0.208. The molecule has 0 aliphatic carbocycles. The van der Waals surface area contributed by atoms with Gasteiger partial charge < -0.3 is 4.74 Å². The van der Waals surface area contributed by atoms with Crippen molar-refractivity contribution in [3.63, 3.8) is 0 Å². The van der Waals surface area contributed by atoms with Crippen LogP contribution >= 0.6 is 0 Å². The zero-order chi connectivity index (χ0) is 20.6. The number of hydrogen-bond donors (Lipinski definition) is 1. The van der Waals surface area contributed by atoms with Gasteiger partial charge in [-0.05, 0) is 17.7 Å². The fraction of sp³-hybridized carbons (Fsp3) is 0.167. The van der Waals surface area contributed by atoms with E-state index in [0.29, 0.717) is 22.6 Å². The van der Waals surface area contributed by atoms with Gasteiger partial charge in [-0.2, -0.15) is 0 Å². The Kier molecular flexibility index (Phi) is 4.59. The summed E-state index contributed by atoms with van der Waals surface area (Å²) in [7, 11) is -1.81. The lowest BCUT2D eigenvalue weighted by Crippen LogP contribution is -2.17. The molecule has 0 bridgehead atoms. The maximum absolute atomic E-state index is 12.4. The highest BCUT2D eigenvalue weighted by molar-refractivity contribution is 7.90. The van der Waals surface area contributed by atoms with E-state index in [0.717, 1.165) is 11.8 Å². The third-order valence-electron chi connectivity index (χ3n) is 4.28. The van der Waals surface area contributed by atoms with Crippen molar-refractivity contribution in [3.05, 3.63) is 58.9 Å². The highest BCUT2D eigenvalue weighted by atomic mass is 32.2. The molecule has 4 aromatic rings. The minimum Gasteiger partial charge on any atom is -0.467 e. The molecule has 0 saturated heterocycles. The van der Waals surface area contributed by atoms with Gasteiger partial charge in [-0.15, -0.1) is 0 Å². The number of methoxy groups -OCH3 is 1. The molecule has 0 fully saturated rings. The lowest BCUT2D eigenvalue weighted by atomic mass is 10.2. The third-order valence-corrected chi connectivity index (χ3v) is 5.41. The molecule has 0 atom stereocenters. The van der Waals surface area contributed by atoms with E-state index in [1.165, 1.54) is 30.0 Å². The van der Waals surface area contributed by atoms with Gasteiger partial charge in [0.15, 0.2) is 21.1 Å². The van der Waals surface area contributed by atoms with Crippen molar-refractivity contribution in [1.82, 2.24) is 29.5 Å². The van der Waals surface area contributed by atoms with Crippen molar-refractivity contribution >= 4 is 21.1 Å². The minimum atomic E-state index is -3.28. The first-order valence-corrected chi connectivity index (χ1v) is 10.4. The van der Waals surface area contributed by atoms with Crippen LogP contribution < -0.4 is 10.4 Å². The summed E-state index contributed by atoms with van der Waals surface area (Å²) in [5.41, 5.74) is 2.23. The van der Waals surface area contributed by atoms with E-state index in [1.54, 1.807) is 24.5 Å². The quantitative estimate of drug-likeness (QED) is 0.514. The van der Waals surface area contributed by atoms with Crippen LogP contribution in [0.4, 0.5) is 0 Å². The van der Waals surface area contributed by atoms with Crippen LogP contribution in [0.2, 0.25) is 0 Å². The van der Waals surface area contributed by atoms with Crippen LogP contribution in [0.15, 0.2) is 52.5 Å². The smallest absolute Gasteiger partial charge is 0.329 e. The SMILES string of the molecule is COc1ncc(-c2cnc3[nH]c(=O)n(Cc4ccc(S(C)(=O)=O)cc4)c3n2)cn1. The first-order valence-electron chi connectivity index (χ1n) is 8.46. The molecule has 148 valence electrons. The number of aromatic amines is 1. The van der Waals surface area contributed by atoms with Gasteiger partial charge in [0, 0.05) is 24.2 Å². The van der Waals surface area contributed by atoms with Gasteiger partial charge in [0.2, 0.25) is 0 Å². The van der Waals surface area contributed by atoms with Gasteiger partial charge in [-0.1, -0.05) is 12.1 Å². The van der Waals surface area contributed by atoms with Gasteiger partial charge in [0.25, 0.3) is 0 Å². The standard InChI is InChI=1S/C18H16N6O4S/c1-28-17-20-7-12(8-21-17)14-9-19-15-16(22-14)24(18(25)23-15)10-11-3-5-13(6-4-11)29(2,26)27/h3-9H,10H2,1-2H3,(H,19,23,25). The van der Waals surface area contributed by atoms with Gasteiger partial charge in [0.05, 0.1) is 30.4 Å². The second-order valence-electron chi connectivity index (χ2n) is 6.32. The van der Waals surface area contributed by atoms with Crippen molar-refractivity contribution in [3.8, 4) is 17.3 Å². The zero-order valence-electron chi connectivity index (χ0n) is 15.5. The van der Waals surface area contributed by atoms with Crippen LogP contribution in [0.25, 0.3) is 22.6 Å². The lowest BCUT2D eigenvalue weighted by Gasteiger charge is -2.06. The number of benzene rings is 1. The number of nitrogens with one attached hydrogen (secondary N) is 1.